The minimum Gasteiger partial charge on any atom is -0.385 e. The van der Waals surface area contributed by atoms with E-state index < -0.39 is 6.10 Å². The van der Waals surface area contributed by atoms with Crippen LogP contribution < -0.4 is 0 Å². The van der Waals surface area contributed by atoms with Crippen LogP contribution in [0.25, 0.3) is 0 Å². The van der Waals surface area contributed by atoms with Gasteiger partial charge in [-0.3, -0.25) is 0 Å². The van der Waals surface area contributed by atoms with E-state index in [0.717, 1.165) is 24.1 Å². The standard InChI is InChI=1S/C21H20N2O/c1-17(24)21-22-14-16-23(21)15-13-20-11-9-19(10-12-20)8-7-18-5-3-2-4-6-18/h2-6,9-12,14,16-17,24H,13,15H2,1H3. The number of imidazole rings is 1. The van der Waals surface area contributed by atoms with Gasteiger partial charge in [-0.05, 0) is 43.2 Å². The third-order valence-electron chi connectivity index (χ3n) is 3.84. The predicted octanol–water partition coefficient (Wildman–Crippen LogP) is 3.58. The Balaban J connectivity index is 1.63. The van der Waals surface area contributed by atoms with Gasteiger partial charge in [0.15, 0.2) is 0 Å². The number of aliphatic hydroxyl groups is 1. The van der Waals surface area contributed by atoms with Crippen LogP contribution in [0.15, 0.2) is 67.0 Å². The van der Waals surface area contributed by atoms with Crippen LogP contribution in [0.4, 0.5) is 0 Å². The fourth-order valence-corrected chi connectivity index (χ4v) is 2.55. The molecule has 120 valence electrons. The maximum Gasteiger partial charge on any atom is 0.137 e. The highest BCUT2D eigenvalue weighted by Gasteiger charge is 2.08. The highest BCUT2D eigenvalue weighted by atomic mass is 16.3. The number of hydrogen-bond acceptors (Lipinski definition) is 2. The molecule has 0 aliphatic carbocycles. The van der Waals surface area contributed by atoms with Gasteiger partial charge in [-0.2, -0.15) is 0 Å². The summed E-state index contributed by atoms with van der Waals surface area (Å²) < 4.78 is 1.99. The van der Waals surface area contributed by atoms with Gasteiger partial charge in [0.05, 0.1) is 0 Å². The average Bonchev–Trinajstić information content (AvgIpc) is 3.09. The van der Waals surface area contributed by atoms with Crippen LogP contribution in [0, 0.1) is 11.8 Å². The molecule has 3 heteroatoms. The first-order chi connectivity index (χ1) is 11.7. The van der Waals surface area contributed by atoms with Gasteiger partial charge < -0.3 is 9.67 Å². The van der Waals surface area contributed by atoms with Gasteiger partial charge >= 0.3 is 0 Å². The highest BCUT2D eigenvalue weighted by molar-refractivity contribution is 5.43. The molecule has 1 N–H and O–H groups in total. The fourth-order valence-electron chi connectivity index (χ4n) is 2.55. The van der Waals surface area contributed by atoms with E-state index in [4.69, 9.17) is 0 Å². The minimum absolute atomic E-state index is 0.546. The van der Waals surface area contributed by atoms with Gasteiger partial charge in [-0.15, -0.1) is 0 Å². The van der Waals surface area contributed by atoms with E-state index in [1.807, 2.05) is 41.1 Å². The molecule has 1 heterocycles. The number of benzene rings is 2. The number of nitrogens with zero attached hydrogens (tertiary/aromatic N) is 2. The number of rotatable bonds is 4. The zero-order valence-corrected chi connectivity index (χ0v) is 13.7. The first-order valence-electron chi connectivity index (χ1n) is 8.07. The number of aromatic nitrogens is 2. The summed E-state index contributed by atoms with van der Waals surface area (Å²) in [6, 6.07) is 18.3. The second kappa shape index (κ2) is 7.63. The van der Waals surface area contributed by atoms with Crippen molar-refractivity contribution >= 4 is 0 Å². The molecule has 3 aromatic rings. The van der Waals surface area contributed by atoms with E-state index in [1.165, 1.54) is 5.56 Å². The molecule has 0 aliphatic rings. The van der Waals surface area contributed by atoms with E-state index in [0.29, 0.717) is 5.82 Å². The van der Waals surface area contributed by atoms with Crippen molar-refractivity contribution in [2.75, 3.05) is 0 Å². The van der Waals surface area contributed by atoms with E-state index in [-0.39, 0.29) is 0 Å². The molecule has 3 rings (SSSR count). The van der Waals surface area contributed by atoms with Crippen LogP contribution >= 0.6 is 0 Å². The van der Waals surface area contributed by atoms with Crippen molar-refractivity contribution in [3.05, 3.63) is 89.5 Å². The molecule has 0 radical (unpaired) electrons. The van der Waals surface area contributed by atoms with Crippen LogP contribution in [0.5, 0.6) is 0 Å². The molecule has 1 aromatic heterocycles. The Hall–Kier alpha value is -2.83. The van der Waals surface area contributed by atoms with Crippen molar-refractivity contribution in [3.63, 3.8) is 0 Å². The zero-order chi connectivity index (χ0) is 16.8. The van der Waals surface area contributed by atoms with E-state index in [9.17, 15) is 5.11 Å². The monoisotopic (exact) mass is 316 g/mol. The molecule has 24 heavy (non-hydrogen) atoms. The minimum atomic E-state index is -0.546. The lowest BCUT2D eigenvalue weighted by molar-refractivity contribution is 0.183. The predicted molar refractivity (Wildman–Crippen MR) is 95.4 cm³/mol. The Morgan fingerprint density at radius 1 is 1.00 bits per heavy atom. The van der Waals surface area contributed by atoms with Crippen molar-refractivity contribution in [3.8, 4) is 11.8 Å². The average molecular weight is 316 g/mol. The van der Waals surface area contributed by atoms with Crippen molar-refractivity contribution in [2.24, 2.45) is 0 Å². The number of hydrogen-bond donors (Lipinski definition) is 1. The maximum atomic E-state index is 9.68. The maximum absolute atomic E-state index is 9.68. The SMILES string of the molecule is CC(O)c1nccn1CCc1ccc(C#Cc2ccccc2)cc1. The molecule has 0 saturated carbocycles. The van der Waals surface area contributed by atoms with Crippen LogP contribution in [-0.2, 0) is 13.0 Å². The van der Waals surface area contributed by atoms with Crippen LogP contribution in [0.2, 0.25) is 0 Å². The van der Waals surface area contributed by atoms with Gasteiger partial charge in [0.25, 0.3) is 0 Å². The Labute approximate surface area is 142 Å². The molecule has 0 spiro atoms. The second-order valence-electron chi connectivity index (χ2n) is 5.72. The molecular formula is C21H20N2O. The van der Waals surface area contributed by atoms with Crippen LogP contribution in [-0.4, -0.2) is 14.7 Å². The first kappa shape index (κ1) is 16.0. The van der Waals surface area contributed by atoms with Crippen LogP contribution in [0.1, 0.15) is 35.5 Å². The smallest absolute Gasteiger partial charge is 0.137 e. The Morgan fingerprint density at radius 2 is 1.67 bits per heavy atom. The molecular weight excluding hydrogens is 296 g/mol. The number of aliphatic hydroxyl groups excluding tert-OH is 1. The second-order valence-corrected chi connectivity index (χ2v) is 5.72. The van der Waals surface area contributed by atoms with E-state index in [2.05, 4.69) is 41.1 Å². The highest BCUT2D eigenvalue weighted by Crippen LogP contribution is 2.11. The van der Waals surface area contributed by atoms with Crippen molar-refractivity contribution < 1.29 is 5.11 Å². The summed E-state index contributed by atoms with van der Waals surface area (Å²) in [6.45, 7) is 2.54. The van der Waals surface area contributed by atoms with Crippen molar-refractivity contribution in [1.29, 1.82) is 0 Å². The first-order valence-corrected chi connectivity index (χ1v) is 8.07. The lowest BCUT2D eigenvalue weighted by atomic mass is 10.1. The van der Waals surface area contributed by atoms with Gasteiger partial charge in [-0.25, -0.2) is 4.98 Å². The van der Waals surface area contributed by atoms with Crippen molar-refractivity contribution in [1.82, 2.24) is 9.55 Å². The molecule has 1 unspecified atom stereocenters. The fraction of sp³-hybridized carbons (Fsp3) is 0.190. The lowest BCUT2D eigenvalue weighted by Crippen LogP contribution is -2.08. The summed E-state index contributed by atoms with van der Waals surface area (Å²) >= 11 is 0. The van der Waals surface area contributed by atoms with Gasteiger partial charge in [0, 0.05) is 30.1 Å². The molecule has 0 amide bonds. The summed E-state index contributed by atoms with van der Waals surface area (Å²) in [6.07, 6.45) is 3.98. The number of aryl methyl sites for hydroxylation is 2. The Morgan fingerprint density at radius 3 is 2.33 bits per heavy atom. The Bertz CT molecular complexity index is 837. The molecule has 0 fully saturated rings. The summed E-state index contributed by atoms with van der Waals surface area (Å²) in [7, 11) is 0. The topological polar surface area (TPSA) is 38.1 Å². The normalized spacial score (nSPS) is 11.6. The molecule has 0 saturated heterocycles. The van der Waals surface area contributed by atoms with E-state index >= 15 is 0 Å². The van der Waals surface area contributed by atoms with Crippen LogP contribution in [0.3, 0.4) is 0 Å². The van der Waals surface area contributed by atoms with E-state index in [1.54, 1.807) is 13.1 Å². The molecule has 3 nitrogen and oxygen atoms in total. The largest absolute Gasteiger partial charge is 0.385 e. The van der Waals surface area contributed by atoms with Gasteiger partial charge in [0.1, 0.15) is 11.9 Å². The van der Waals surface area contributed by atoms with Gasteiger partial charge in [-0.1, -0.05) is 42.2 Å². The lowest BCUT2D eigenvalue weighted by Gasteiger charge is -2.09. The molecule has 2 aromatic carbocycles. The Kier molecular flexibility index (Phi) is 5.10. The summed E-state index contributed by atoms with van der Waals surface area (Å²) in [4.78, 5) is 4.19. The van der Waals surface area contributed by atoms with Crippen molar-refractivity contribution in [2.45, 2.75) is 26.0 Å². The third kappa shape index (κ3) is 4.13. The third-order valence-corrected chi connectivity index (χ3v) is 3.84. The zero-order valence-electron chi connectivity index (χ0n) is 13.7. The quantitative estimate of drug-likeness (QED) is 0.747. The molecule has 0 bridgehead atoms. The summed E-state index contributed by atoms with van der Waals surface area (Å²) in [5.41, 5.74) is 3.27. The molecule has 1 atom stereocenters. The van der Waals surface area contributed by atoms with Gasteiger partial charge in [0.2, 0.25) is 0 Å². The summed E-state index contributed by atoms with van der Waals surface area (Å²) in [5, 5.41) is 9.68. The molecule has 0 aliphatic heterocycles. The summed E-state index contributed by atoms with van der Waals surface area (Å²) in [5.74, 6) is 7.06.